The lowest BCUT2D eigenvalue weighted by Crippen LogP contribution is -2.22. The van der Waals surface area contributed by atoms with E-state index in [9.17, 15) is 9.59 Å². The summed E-state index contributed by atoms with van der Waals surface area (Å²) in [6, 6.07) is 5.33. The normalized spacial score (nSPS) is 18.3. The molecule has 1 atom stereocenters. The highest BCUT2D eigenvalue weighted by molar-refractivity contribution is 5.97. The van der Waals surface area contributed by atoms with Gasteiger partial charge in [-0.3, -0.25) is 0 Å². The van der Waals surface area contributed by atoms with E-state index in [1.807, 2.05) is 19.9 Å². The molecule has 2 heterocycles. The molecule has 1 aromatic heterocycles. The Kier molecular flexibility index (Phi) is 2.97. The van der Waals surface area contributed by atoms with Crippen LogP contribution < -0.4 is 0 Å². The van der Waals surface area contributed by atoms with Crippen LogP contribution in [-0.2, 0) is 14.3 Å². The molecule has 104 valence electrons. The minimum absolute atomic E-state index is 0.311. The Bertz CT molecular complexity index is 701. The third-order valence-electron chi connectivity index (χ3n) is 3.68. The fraction of sp³-hybridized carbons (Fsp3) is 0.333. The lowest BCUT2D eigenvalue weighted by atomic mass is 10.1. The van der Waals surface area contributed by atoms with Crippen molar-refractivity contribution in [3.05, 3.63) is 35.0 Å². The molecule has 0 bridgehead atoms. The summed E-state index contributed by atoms with van der Waals surface area (Å²) in [5, 5.41) is 0.992. The minimum atomic E-state index is -0.771. The van der Waals surface area contributed by atoms with Crippen molar-refractivity contribution in [1.29, 1.82) is 0 Å². The zero-order chi connectivity index (χ0) is 14.3. The molecule has 5 heteroatoms. The number of nitrogens with one attached hydrogen (secondary N) is 1. The van der Waals surface area contributed by atoms with Crippen LogP contribution in [0.15, 0.2) is 18.2 Å². The SMILES string of the molecule is Cc1[nH]c2ccc(C(=O)OC3CCOC3=O)cc2c1C. The second-order valence-electron chi connectivity index (χ2n) is 4.99. The van der Waals surface area contributed by atoms with Gasteiger partial charge in [0.2, 0.25) is 6.10 Å². The Morgan fingerprint density at radius 2 is 2.20 bits per heavy atom. The van der Waals surface area contributed by atoms with Crippen LogP contribution >= 0.6 is 0 Å². The van der Waals surface area contributed by atoms with Gasteiger partial charge in [0.25, 0.3) is 0 Å². The minimum Gasteiger partial charge on any atom is -0.463 e. The molecule has 5 nitrogen and oxygen atoms in total. The molecule has 0 aliphatic carbocycles. The fourth-order valence-electron chi connectivity index (χ4n) is 2.37. The van der Waals surface area contributed by atoms with E-state index in [1.165, 1.54) is 0 Å². The third kappa shape index (κ3) is 2.05. The van der Waals surface area contributed by atoms with Crippen molar-refractivity contribution in [2.24, 2.45) is 0 Å². The largest absolute Gasteiger partial charge is 0.463 e. The van der Waals surface area contributed by atoms with Crippen molar-refractivity contribution >= 4 is 22.8 Å². The molecule has 2 aromatic rings. The maximum Gasteiger partial charge on any atom is 0.347 e. The number of hydrogen-bond acceptors (Lipinski definition) is 4. The highest BCUT2D eigenvalue weighted by Gasteiger charge is 2.30. The number of H-pyrrole nitrogens is 1. The summed E-state index contributed by atoms with van der Waals surface area (Å²) in [6.07, 6.45) is -0.345. The number of carbonyl (C=O) groups is 2. The van der Waals surface area contributed by atoms with Gasteiger partial charge < -0.3 is 14.5 Å². The Morgan fingerprint density at radius 1 is 1.40 bits per heavy atom. The molecular formula is C15H15NO4. The molecule has 1 fully saturated rings. The first-order valence-corrected chi connectivity index (χ1v) is 6.53. The number of aromatic amines is 1. The number of rotatable bonds is 2. The van der Waals surface area contributed by atoms with Gasteiger partial charge in [0.15, 0.2) is 0 Å². The monoisotopic (exact) mass is 273 g/mol. The topological polar surface area (TPSA) is 68.4 Å². The van der Waals surface area contributed by atoms with Crippen molar-refractivity contribution in [3.8, 4) is 0 Å². The summed E-state index contributed by atoms with van der Waals surface area (Å²) in [5.41, 5.74) is 3.61. The van der Waals surface area contributed by atoms with Crippen LogP contribution in [0.5, 0.6) is 0 Å². The second kappa shape index (κ2) is 4.67. The average molecular weight is 273 g/mol. The zero-order valence-corrected chi connectivity index (χ0v) is 11.4. The van der Waals surface area contributed by atoms with E-state index < -0.39 is 18.0 Å². The highest BCUT2D eigenvalue weighted by atomic mass is 16.6. The van der Waals surface area contributed by atoms with Gasteiger partial charge in [-0.1, -0.05) is 0 Å². The van der Waals surface area contributed by atoms with Crippen LogP contribution in [0.1, 0.15) is 28.0 Å². The van der Waals surface area contributed by atoms with E-state index in [-0.39, 0.29) is 0 Å². The van der Waals surface area contributed by atoms with E-state index in [0.717, 1.165) is 22.2 Å². The second-order valence-corrected chi connectivity index (χ2v) is 4.99. The average Bonchev–Trinajstić information content (AvgIpc) is 2.95. The molecule has 1 N–H and O–H groups in total. The summed E-state index contributed by atoms with van der Waals surface area (Å²) >= 11 is 0. The summed E-state index contributed by atoms with van der Waals surface area (Å²) in [4.78, 5) is 26.6. The summed E-state index contributed by atoms with van der Waals surface area (Å²) < 4.78 is 9.96. The van der Waals surface area contributed by atoms with E-state index in [0.29, 0.717) is 18.6 Å². The molecule has 0 saturated carbocycles. The Labute approximate surface area is 115 Å². The lowest BCUT2D eigenvalue weighted by Gasteiger charge is -2.08. The predicted octanol–water partition coefficient (Wildman–Crippen LogP) is 2.26. The van der Waals surface area contributed by atoms with Crippen molar-refractivity contribution in [1.82, 2.24) is 4.98 Å². The van der Waals surface area contributed by atoms with Gasteiger partial charge in [0, 0.05) is 23.0 Å². The van der Waals surface area contributed by atoms with Gasteiger partial charge in [-0.2, -0.15) is 0 Å². The standard InChI is InChI=1S/C15H15NO4/c1-8-9(2)16-12-4-3-10(7-11(8)12)14(17)20-13-5-6-19-15(13)18/h3-4,7,13,16H,5-6H2,1-2H3. The van der Waals surface area contributed by atoms with E-state index in [2.05, 4.69) is 4.98 Å². The molecule has 1 aliphatic heterocycles. The number of aromatic nitrogens is 1. The lowest BCUT2D eigenvalue weighted by molar-refractivity contribution is -0.145. The molecule has 1 unspecified atom stereocenters. The first kappa shape index (κ1) is 12.7. The maximum absolute atomic E-state index is 12.1. The molecule has 3 rings (SSSR count). The molecule has 1 saturated heterocycles. The zero-order valence-electron chi connectivity index (χ0n) is 11.4. The number of fused-ring (bicyclic) bond motifs is 1. The van der Waals surface area contributed by atoms with Crippen LogP contribution in [0.3, 0.4) is 0 Å². The van der Waals surface area contributed by atoms with Gasteiger partial charge in [0.1, 0.15) is 0 Å². The Morgan fingerprint density at radius 3 is 2.90 bits per heavy atom. The predicted molar refractivity (Wildman–Crippen MR) is 72.6 cm³/mol. The molecule has 1 aliphatic rings. The number of aryl methyl sites for hydroxylation is 2. The van der Waals surface area contributed by atoms with Crippen molar-refractivity contribution in [2.45, 2.75) is 26.4 Å². The number of benzene rings is 1. The molecular weight excluding hydrogens is 258 g/mol. The maximum atomic E-state index is 12.1. The van der Waals surface area contributed by atoms with E-state index in [4.69, 9.17) is 9.47 Å². The van der Waals surface area contributed by atoms with Gasteiger partial charge >= 0.3 is 11.9 Å². The molecule has 0 amide bonds. The molecule has 1 aromatic carbocycles. The van der Waals surface area contributed by atoms with Crippen molar-refractivity contribution < 1.29 is 19.1 Å². The highest BCUT2D eigenvalue weighted by Crippen LogP contribution is 2.23. The summed E-state index contributed by atoms with van der Waals surface area (Å²) in [7, 11) is 0. The number of esters is 2. The van der Waals surface area contributed by atoms with E-state index in [1.54, 1.807) is 12.1 Å². The van der Waals surface area contributed by atoms with Gasteiger partial charge in [-0.05, 0) is 37.6 Å². The first-order chi connectivity index (χ1) is 9.56. The van der Waals surface area contributed by atoms with Crippen LogP contribution in [0.2, 0.25) is 0 Å². The Balaban J connectivity index is 1.87. The van der Waals surface area contributed by atoms with Gasteiger partial charge in [-0.15, -0.1) is 0 Å². The number of ether oxygens (including phenoxy) is 2. The summed E-state index contributed by atoms with van der Waals surface area (Å²) in [6.45, 7) is 4.30. The Hall–Kier alpha value is -2.30. The number of hydrogen-bond donors (Lipinski definition) is 1. The third-order valence-corrected chi connectivity index (χ3v) is 3.68. The number of carbonyl (C=O) groups excluding carboxylic acids is 2. The van der Waals surface area contributed by atoms with E-state index >= 15 is 0 Å². The smallest absolute Gasteiger partial charge is 0.347 e. The molecule has 0 spiro atoms. The number of cyclic esters (lactones) is 1. The summed E-state index contributed by atoms with van der Waals surface area (Å²) in [5.74, 6) is -0.956. The van der Waals surface area contributed by atoms with Crippen molar-refractivity contribution in [2.75, 3.05) is 6.61 Å². The fourth-order valence-corrected chi connectivity index (χ4v) is 2.37. The quantitative estimate of drug-likeness (QED) is 0.852. The molecule has 20 heavy (non-hydrogen) atoms. The van der Waals surface area contributed by atoms with Gasteiger partial charge in [0.05, 0.1) is 12.2 Å². The van der Waals surface area contributed by atoms with Crippen LogP contribution in [-0.4, -0.2) is 29.6 Å². The molecule has 0 radical (unpaired) electrons. The van der Waals surface area contributed by atoms with Crippen LogP contribution in [0, 0.1) is 13.8 Å². The van der Waals surface area contributed by atoms with Crippen molar-refractivity contribution in [3.63, 3.8) is 0 Å². The first-order valence-electron chi connectivity index (χ1n) is 6.53. The van der Waals surface area contributed by atoms with Gasteiger partial charge in [-0.25, -0.2) is 9.59 Å². The van der Waals surface area contributed by atoms with Crippen LogP contribution in [0.4, 0.5) is 0 Å². The van der Waals surface area contributed by atoms with Crippen LogP contribution in [0.25, 0.3) is 10.9 Å².